The lowest BCUT2D eigenvalue weighted by molar-refractivity contribution is -0.120. The summed E-state index contributed by atoms with van der Waals surface area (Å²) in [5.74, 6) is -0.00324. The summed E-state index contributed by atoms with van der Waals surface area (Å²) < 4.78 is 28.0. The zero-order chi connectivity index (χ0) is 18.9. The molecule has 1 aliphatic heterocycles. The maximum absolute atomic E-state index is 12.4. The molecule has 0 atom stereocenters. The summed E-state index contributed by atoms with van der Waals surface area (Å²) in [6.07, 6.45) is 1.16. The minimum atomic E-state index is -3.12. The van der Waals surface area contributed by atoms with Crippen molar-refractivity contribution in [1.82, 2.24) is 0 Å². The van der Waals surface area contributed by atoms with E-state index in [1.165, 1.54) is 4.90 Å². The molecule has 3 rings (SSSR count). The smallest absolute Gasteiger partial charge is 0.264 e. The van der Waals surface area contributed by atoms with Gasteiger partial charge in [-0.05, 0) is 29.8 Å². The first kappa shape index (κ1) is 17.9. The summed E-state index contributed by atoms with van der Waals surface area (Å²) in [5, 5.41) is 2.76. The van der Waals surface area contributed by atoms with E-state index in [1.54, 1.807) is 49.5 Å². The number of ether oxygens (including phenoxy) is 1. The molecule has 0 bridgehead atoms. The molecule has 0 saturated carbocycles. The van der Waals surface area contributed by atoms with Crippen LogP contribution in [-0.2, 0) is 20.4 Å². The SMILES string of the molecule is CN1C(=O)COc2cc(NC(=O)c3ccc(CS(C)(=O)=O)cc3)ccc21. The predicted molar refractivity (Wildman–Crippen MR) is 98.3 cm³/mol. The number of amides is 2. The largest absolute Gasteiger partial charge is 0.481 e. The van der Waals surface area contributed by atoms with Gasteiger partial charge in [-0.2, -0.15) is 0 Å². The number of carbonyl (C=O) groups excluding carboxylic acids is 2. The Kier molecular flexibility index (Phi) is 4.69. The highest BCUT2D eigenvalue weighted by Crippen LogP contribution is 2.33. The number of carbonyl (C=O) groups is 2. The van der Waals surface area contributed by atoms with E-state index in [1.807, 2.05) is 0 Å². The average Bonchev–Trinajstić information content (AvgIpc) is 2.57. The number of hydrogen-bond acceptors (Lipinski definition) is 5. The molecular weight excluding hydrogens is 356 g/mol. The molecule has 0 aliphatic carbocycles. The highest BCUT2D eigenvalue weighted by molar-refractivity contribution is 7.89. The molecule has 2 aromatic carbocycles. The van der Waals surface area contributed by atoms with Crippen molar-refractivity contribution in [2.45, 2.75) is 5.75 Å². The van der Waals surface area contributed by atoms with E-state index >= 15 is 0 Å². The first-order valence-electron chi connectivity index (χ1n) is 7.84. The van der Waals surface area contributed by atoms with Crippen LogP contribution in [-0.4, -0.2) is 40.1 Å². The number of likely N-dealkylation sites (N-methyl/N-ethyl adjacent to an activating group) is 1. The molecule has 0 radical (unpaired) electrons. The maximum atomic E-state index is 12.4. The molecule has 136 valence electrons. The van der Waals surface area contributed by atoms with Crippen LogP contribution in [0.25, 0.3) is 0 Å². The summed E-state index contributed by atoms with van der Waals surface area (Å²) in [7, 11) is -1.45. The molecule has 1 heterocycles. The van der Waals surface area contributed by atoms with Crippen LogP contribution in [0, 0.1) is 0 Å². The molecule has 0 aromatic heterocycles. The van der Waals surface area contributed by atoms with Crippen LogP contribution < -0.4 is 15.0 Å². The molecule has 1 N–H and O–H groups in total. The molecule has 2 amide bonds. The second-order valence-electron chi connectivity index (χ2n) is 6.15. The van der Waals surface area contributed by atoms with Gasteiger partial charge in [0.25, 0.3) is 11.8 Å². The number of nitrogens with one attached hydrogen (secondary N) is 1. The van der Waals surface area contributed by atoms with Crippen LogP contribution in [0.15, 0.2) is 42.5 Å². The monoisotopic (exact) mass is 374 g/mol. The van der Waals surface area contributed by atoms with E-state index in [0.29, 0.717) is 28.3 Å². The van der Waals surface area contributed by atoms with Gasteiger partial charge < -0.3 is 15.0 Å². The van der Waals surface area contributed by atoms with Crippen LogP contribution in [0.2, 0.25) is 0 Å². The zero-order valence-corrected chi connectivity index (χ0v) is 15.2. The number of rotatable bonds is 4. The maximum Gasteiger partial charge on any atom is 0.264 e. The van der Waals surface area contributed by atoms with E-state index in [-0.39, 0.29) is 24.2 Å². The highest BCUT2D eigenvalue weighted by atomic mass is 32.2. The van der Waals surface area contributed by atoms with Crippen molar-refractivity contribution in [2.24, 2.45) is 0 Å². The van der Waals surface area contributed by atoms with Crippen molar-refractivity contribution in [2.75, 3.05) is 30.1 Å². The quantitative estimate of drug-likeness (QED) is 0.881. The molecule has 2 aromatic rings. The fourth-order valence-corrected chi connectivity index (χ4v) is 3.41. The van der Waals surface area contributed by atoms with Gasteiger partial charge in [0.05, 0.1) is 11.4 Å². The second-order valence-corrected chi connectivity index (χ2v) is 8.29. The number of sulfone groups is 1. The highest BCUT2D eigenvalue weighted by Gasteiger charge is 2.22. The van der Waals surface area contributed by atoms with Crippen molar-refractivity contribution in [1.29, 1.82) is 0 Å². The Labute approximate surface area is 151 Å². The topological polar surface area (TPSA) is 92.8 Å². The van der Waals surface area contributed by atoms with Crippen LogP contribution in [0.1, 0.15) is 15.9 Å². The molecular formula is C18H18N2O5S. The Hall–Kier alpha value is -2.87. The number of anilines is 2. The fourth-order valence-electron chi connectivity index (χ4n) is 2.61. The molecule has 0 spiro atoms. The summed E-state index contributed by atoms with van der Waals surface area (Å²) in [6, 6.07) is 11.5. The molecule has 8 heteroatoms. The summed E-state index contributed by atoms with van der Waals surface area (Å²) in [4.78, 5) is 25.5. The van der Waals surface area contributed by atoms with Gasteiger partial charge in [0.1, 0.15) is 5.75 Å². The van der Waals surface area contributed by atoms with E-state index in [4.69, 9.17) is 4.74 Å². The lowest BCUT2D eigenvalue weighted by Crippen LogP contribution is -2.35. The Morgan fingerprint density at radius 1 is 1.19 bits per heavy atom. The molecule has 0 fully saturated rings. The lowest BCUT2D eigenvalue weighted by atomic mass is 10.1. The first-order chi connectivity index (χ1) is 12.2. The van der Waals surface area contributed by atoms with Crippen molar-refractivity contribution < 1.29 is 22.7 Å². The normalized spacial score (nSPS) is 13.8. The van der Waals surface area contributed by atoms with Gasteiger partial charge in [-0.15, -0.1) is 0 Å². The van der Waals surface area contributed by atoms with Crippen LogP contribution in [0.5, 0.6) is 5.75 Å². The zero-order valence-electron chi connectivity index (χ0n) is 14.4. The molecule has 0 saturated heterocycles. The van der Waals surface area contributed by atoms with Crippen LogP contribution >= 0.6 is 0 Å². The van der Waals surface area contributed by atoms with E-state index in [0.717, 1.165) is 6.26 Å². The number of nitrogens with zero attached hydrogens (tertiary/aromatic N) is 1. The van der Waals surface area contributed by atoms with Gasteiger partial charge in [0.15, 0.2) is 16.4 Å². The average molecular weight is 374 g/mol. The van der Waals surface area contributed by atoms with Crippen molar-refractivity contribution in [3.05, 3.63) is 53.6 Å². The summed E-state index contributed by atoms with van der Waals surface area (Å²) >= 11 is 0. The molecule has 26 heavy (non-hydrogen) atoms. The fraction of sp³-hybridized carbons (Fsp3) is 0.222. The number of fused-ring (bicyclic) bond motifs is 1. The third kappa shape index (κ3) is 4.02. The van der Waals surface area contributed by atoms with Gasteiger partial charge in [-0.3, -0.25) is 9.59 Å². The van der Waals surface area contributed by atoms with Crippen LogP contribution in [0.4, 0.5) is 11.4 Å². The van der Waals surface area contributed by atoms with E-state index in [9.17, 15) is 18.0 Å². The summed E-state index contributed by atoms with van der Waals surface area (Å²) in [5.41, 5.74) is 2.22. The third-order valence-corrected chi connectivity index (χ3v) is 4.81. The molecule has 1 aliphatic rings. The van der Waals surface area contributed by atoms with Gasteiger partial charge in [-0.1, -0.05) is 12.1 Å². The Balaban J connectivity index is 1.73. The van der Waals surface area contributed by atoms with Gasteiger partial charge in [0, 0.05) is 30.6 Å². The van der Waals surface area contributed by atoms with Gasteiger partial charge in [0.2, 0.25) is 0 Å². The van der Waals surface area contributed by atoms with E-state index in [2.05, 4.69) is 5.32 Å². The first-order valence-corrected chi connectivity index (χ1v) is 9.90. The standard InChI is InChI=1S/C18H18N2O5S/c1-20-15-8-7-14(9-16(15)25-10-17(20)21)19-18(22)13-5-3-12(4-6-13)11-26(2,23)24/h3-9H,10-11H2,1-2H3,(H,19,22). The van der Waals surface area contributed by atoms with Crippen molar-refractivity contribution in [3.63, 3.8) is 0 Å². The van der Waals surface area contributed by atoms with Gasteiger partial charge in [-0.25, -0.2) is 8.42 Å². The Bertz CT molecular complexity index is 968. The minimum Gasteiger partial charge on any atom is -0.481 e. The second kappa shape index (κ2) is 6.80. The number of benzene rings is 2. The third-order valence-electron chi connectivity index (χ3n) is 3.95. The Morgan fingerprint density at radius 3 is 2.54 bits per heavy atom. The van der Waals surface area contributed by atoms with Crippen molar-refractivity contribution >= 4 is 33.0 Å². The van der Waals surface area contributed by atoms with Crippen LogP contribution in [0.3, 0.4) is 0 Å². The molecule has 0 unspecified atom stereocenters. The van der Waals surface area contributed by atoms with Crippen molar-refractivity contribution in [3.8, 4) is 5.75 Å². The van der Waals surface area contributed by atoms with Gasteiger partial charge >= 0.3 is 0 Å². The number of hydrogen-bond donors (Lipinski definition) is 1. The van der Waals surface area contributed by atoms with E-state index < -0.39 is 9.84 Å². The summed E-state index contributed by atoms with van der Waals surface area (Å²) in [6.45, 7) is -0.0390. The lowest BCUT2D eigenvalue weighted by Gasteiger charge is -2.26. The Morgan fingerprint density at radius 2 is 1.88 bits per heavy atom. The molecule has 7 nitrogen and oxygen atoms in total. The predicted octanol–water partition coefficient (Wildman–Crippen LogP) is 1.84. The minimum absolute atomic E-state index is 0.0390.